The van der Waals surface area contributed by atoms with Crippen LogP contribution in [0.15, 0.2) is 57.8 Å². The molecule has 0 aliphatic carbocycles. The molecule has 8 heteroatoms. The second-order valence-corrected chi connectivity index (χ2v) is 7.14. The van der Waals surface area contributed by atoms with Crippen molar-refractivity contribution in [1.29, 1.82) is 0 Å². The number of rotatable bonds is 5. The van der Waals surface area contributed by atoms with Crippen LogP contribution in [0, 0.1) is 0 Å². The van der Waals surface area contributed by atoms with E-state index in [9.17, 15) is 9.59 Å². The number of nitrogens with one attached hydrogen (secondary N) is 2. The highest BCUT2D eigenvalue weighted by Crippen LogP contribution is 2.23. The molecule has 2 aromatic carbocycles. The van der Waals surface area contributed by atoms with Gasteiger partial charge in [0.05, 0.1) is 11.0 Å². The van der Waals surface area contributed by atoms with Crippen LogP contribution in [-0.4, -0.2) is 25.6 Å². The zero-order valence-corrected chi connectivity index (χ0v) is 16.3. The summed E-state index contributed by atoms with van der Waals surface area (Å²) in [5, 5.41) is 6.87. The molecular formula is C21H21N5O3. The number of H-pyrrole nitrogens is 1. The lowest BCUT2D eigenvalue weighted by molar-refractivity contribution is 0.0932. The molecule has 1 amide bonds. The van der Waals surface area contributed by atoms with Crippen LogP contribution in [0.25, 0.3) is 22.4 Å². The van der Waals surface area contributed by atoms with E-state index < -0.39 is 6.04 Å². The second-order valence-electron chi connectivity index (χ2n) is 7.14. The zero-order valence-electron chi connectivity index (χ0n) is 16.3. The maximum atomic E-state index is 12.3. The third kappa shape index (κ3) is 3.56. The van der Waals surface area contributed by atoms with Crippen molar-refractivity contribution in [3.63, 3.8) is 0 Å². The molecule has 0 aliphatic rings. The molecule has 2 N–H and O–H groups in total. The fourth-order valence-electron chi connectivity index (χ4n) is 3.24. The minimum atomic E-state index is -0.450. The molecule has 1 atom stereocenters. The number of aromatic nitrogens is 4. The van der Waals surface area contributed by atoms with Crippen LogP contribution in [0.5, 0.6) is 0 Å². The summed E-state index contributed by atoms with van der Waals surface area (Å²) in [6.45, 7) is 5.69. The summed E-state index contributed by atoms with van der Waals surface area (Å²) in [7, 11) is 0. The maximum Gasteiger partial charge on any atom is 0.326 e. The Bertz CT molecular complexity index is 1220. The Labute approximate surface area is 166 Å². The predicted octanol–water partition coefficient (Wildman–Crippen LogP) is 3.45. The molecule has 29 heavy (non-hydrogen) atoms. The van der Waals surface area contributed by atoms with Gasteiger partial charge in [0.15, 0.2) is 0 Å². The van der Waals surface area contributed by atoms with Crippen molar-refractivity contribution in [2.45, 2.75) is 32.9 Å². The Kier molecular flexibility index (Phi) is 4.75. The number of fused-ring (bicyclic) bond motifs is 1. The van der Waals surface area contributed by atoms with Gasteiger partial charge >= 0.3 is 5.69 Å². The monoisotopic (exact) mass is 391 g/mol. The number of nitrogens with zero attached hydrogens (tertiary/aromatic N) is 3. The molecule has 8 nitrogen and oxygen atoms in total. The van der Waals surface area contributed by atoms with E-state index in [-0.39, 0.29) is 17.6 Å². The van der Waals surface area contributed by atoms with Crippen LogP contribution in [0.1, 0.15) is 49.1 Å². The van der Waals surface area contributed by atoms with Crippen LogP contribution in [-0.2, 0) is 0 Å². The highest BCUT2D eigenvalue weighted by molar-refractivity contribution is 5.94. The van der Waals surface area contributed by atoms with Crippen molar-refractivity contribution in [3.05, 3.63) is 70.5 Å². The highest BCUT2D eigenvalue weighted by atomic mass is 16.5. The molecule has 0 saturated heterocycles. The Balaban J connectivity index is 1.57. The number of hydrogen-bond donors (Lipinski definition) is 2. The molecular weight excluding hydrogens is 370 g/mol. The summed E-state index contributed by atoms with van der Waals surface area (Å²) < 4.78 is 7.04. The Morgan fingerprint density at radius 1 is 1.14 bits per heavy atom. The lowest BCUT2D eigenvalue weighted by Gasteiger charge is -2.09. The number of hydrogen-bond acceptors (Lipinski definition) is 5. The molecule has 0 saturated carbocycles. The van der Waals surface area contributed by atoms with E-state index in [1.807, 2.05) is 38.1 Å². The first-order chi connectivity index (χ1) is 13.9. The van der Waals surface area contributed by atoms with Gasteiger partial charge in [0.25, 0.3) is 5.91 Å². The molecule has 0 fully saturated rings. The van der Waals surface area contributed by atoms with E-state index in [0.717, 1.165) is 5.52 Å². The Morgan fingerprint density at radius 3 is 2.62 bits per heavy atom. The van der Waals surface area contributed by atoms with Gasteiger partial charge in [-0.3, -0.25) is 9.36 Å². The summed E-state index contributed by atoms with van der Waals surface area (Å²) in [5.41, 5.74) is 2.64. The van der Waals surface area contributed by atoms with E-state index in [4.69, 9.17) is 4.52 Å². The third-order valence-corrected chi connectivity index (χ3v) is 4.69. The fraction of sp³-hybridized carbons (Fsp3) is 0.238. The molecule has 2 aromatic heterocycles. The van der Waals surface area contributed by atoms with E-state index in [1.165, 1.54) is 0 Å². The summed E-state index contributed by atoms with van der Waals surface area (Å²) in [4.78, 5) is 31.7. The minimum absolute atomic E-state index is 0.0490. The molecule has 0 unspecified atom stereocenters. The number of benzene rings is 2. The quantitative estimate of drug-likeness (QED) is 0.542. The Morgan fingerprint density at radius 2 is 1.90 bits per heavy atom. The first-order valence-corrected chi connectivity index (χ1v) is 9.38. The maximum absolute atomic E-state index is 12.3. The largest absolute Gasteiger partial charge is 0.341 e. The van der Waals surface area contributed by atoms with Gasteiger partial charge in [0.1, 0.15) is 6.04 Å². The minimum Gasteiger partial charge on any atom is -0.341 e. The summed E-state index contributed by atoms with van der Waals surface area (Å²) >= 11 is 0. The van der Waals surface area contributed by atoms with Gasteiger partial charge in [-0.05, 0) is 51.1 Å². The van der Waals surface area contributed by atoms with Crippen molar-refractivity contribution in [3.8, 4) is 11.4 Å². The number of imidazole rings is 1. The number of carbonyl (C=O) groups excluding carboxylic acids is 1. The summed E-state index contributed by atoms with van der Waals surface area (Å²) in [5.74, 6) is 0.477. The third-order valence-electron chi connectivity index (χ3n) is 4.69. The summed E-state index contributed by atoms with van der Waals surface area (Å²) in [6.07, 6.45) is 0. The van der Waals surface area contributed by atoms with Gasteiger partial charge in [0, 0.05) is 17.2 Å². The summed E-state index contributed by atoms with van der Waals surface area (Å²) in [6, 6.07) is 14.1. The van der Waals surface area contributed by atoms with E-state index >= 15 is 0 Å². The van der Waals surface area contributed by atoms with Gasteiger partial charge in [-0.2, -0.15) is 4.98 Å². The molecule has 2 heterocycles. The van der Waals surface area contributed by atoms with Gasteiger partial charge in [0.2, 0.25) is 11.7 Å². The Hall–Kier alpha value is -3.68. The van der Waals surface area contributed by atoms with Crippen molar-refractivity contribution >= 4 is 16.9 Å². The zero-order chi connectivity index (χ0) is 20.5. The SMILES string of the molecule is CC(C)n1c(=O)[nH]c2cc(-c3noc([C@@H](C)NC(=O)c4ccccc4)n3)ccc21. The molecule has 4 rings (SSSR count). The molecule has 148 valence electrons. The normalized spacial score (nSPS) is 12.4. The van der Waals surface area contributed by atoms with Crippen LogP contribution in [0.2, 0.25) is 0 Å². The number of carbonyl (C=O) groups is 1. The van der Waals surface area contributed by atoms with Crippen LogP contribution < -0.4 is 11.0 Å². The molecule has 0 bridgehead atoms. The van der Waals surface area contributed by atoms with Crippen molar-refractivity contribution in [1.82, 2.24) is 25.0 Å². The molecule has 0 spiro atoms. The van der Waals surface area contributed by atoms with E-state index in [2.05, 4.69) is 20.4 Å². The van der Waals surface area contributed by atoms with Gasteiger partial charge < -0.3 is 14.8 Å². The fourth-order valence-corrected chi connectivity index (χ4v) is 3.24. The topological polar surface area (TPSA) is 106 Å². The number of aromatic amines is 1. The molecule has 0 radical (unpaired) electrons. The van der Waals surface area contributed by atoms with E-state index in [1.54, 1.807) is 35.8 Å². The number of amides is 1. The van der Waals surface area contributed by atoms with Crippen LogP contribution in [0.4, 0.5) is 0 Å². The first kappa shape index (κ1) is 18.7. The van der Waals surface area contributed by atoms with Gasteiger partial charge in [-0.25, -0.2) is 4.79 Å². The predicted molar refractivity (Wildman–Crippen MR) is 109 cm³/mol. The molecule has 0 aliphatic heterocycles. The smallest absolute Gasteiger partial charge is 0.326 e. The highest BCUT2D eigenvalue weighted by Gasteiger charge is 2.19. The first-order valence-electron chi connectivity index (χ1n) is 9.38. The van der Waals surface area contributed by atoms with E-state index in [0.29, 0.717) is 28.4 Å². The standard InChI is InChI=1S/C21H21N5O3/c1-12(2)26-17-10-9-15(11-16(17)23-21(26)28)18-24-20(29-25-18)13(3)22-19(27)14-7-5-4-6-8-14/h4-13H,1-3H3,(H,22,27)(H,23,28)/t13-/m1/s1. The van der Waals surface area contributed by atoms with Crippen LogP contribution >= 0.6 is 0 Å². The van der Waals surface area contributed by atoms with Crippen molar-refractivity contribution < 1.29 is 9.32 Å². The molecule has 4 aromatic rings. The van der Waals surface area contributed by atoms with Gasteiger partial charge in [-0.15, -0.1) is 0 Å². The lowest BCUT2D eigenvalue weighted by atomic mass is 10.2. The van der Waals surface area contributed by atoms with Crippen molar-refractivity contribution in [2.24, 2.45) is 0 Å². The average molecular weight is 391 g/mol. The second kappa shape index (κ2) is 7.38. The lowest BCUT2D eigenvalue weighted by Crippen LogP contribution is -2.26. The van der Waals surface area contributed by atoms with Gasteiger partial charge in [-0.1, -0.05) is 23.4 Å². The van der Waals surface area contributed by atoms with Crippen molar-refractivity contribution in [2.75, 3.05) is 0 Å². The average Bonchev–Trinajstić information content (AvgIpc) is 3.32. The van der Waals surface area contributed by atoms with Crippen LogP contribution in [0.3, 0.4) is 0 Å².